The molecule has 0 saturated carbocycles. The van der Waals surface area contributed by atoms with Gasteiger partial charge in [0.05, 0.1) is 18.9 Å². The molecular formula is C23H30N4O2. The van der Waals surface area contributed by atoms with E-state index in [2.05, 4.69) is 17.9 Å². The monoisotopic (exact) mass is 394 g/mol. The van der Waals surface area contributed by atoms with Crippen LogP contribution in [0.4, 0.5) is 5.69 Å². The highest BCUT2D eigenvalue weighted by atomic mass is 16.5. The van der Waals surface area contributed by atoms with Crippen LogP contribution in [0.5, 0.6) is 5.88 Å². The highest BCUT2D eigenvalue weighted by Gasteiger charge is 2.22. The maximum atomic E-state index is 7.17. The summed E-state index contributed by atoms with van der Waals surface area (Å²) in [7, 11) is 0. The van der Waals surface area contributed by atoms with Crippen molar-refractivity contribution in [3.05, 3.63) is 48.0 Å². The van der Waals surface area contributed by atoms with Gasteiger partial charge < -0.3 is 25.5 Å². The molecule has 0 radical (unpaired) electrons. The van der Waals surface area contributed by atoms with E-state index in [0.29, 0.717) is 24.8 Å². The number of hydrogen-bond acceptors (Lipinski definition) is 6. The third kappa shape index (κ3) is 5.35. The number of aromatic nitrogens is 1. The van der Waals surface area contributed by atoms with Crippen LogP contribution in [0.25, 0.3) is 17.0 Å². The van der Waals surface area contributed by atoms with Crippen LogP contribution >= 0.6 is 0 Å². The first-order chi connectivity index (χ1) is 13.8. The van der Waals surface area contributed by atoms with Crippen molar-refractivity contribution in [2.45, 2.75) is 39.3 Å². The molecule has 1 aromatic heterocycles. The van der Waals surface area contributed by atoms with Gasteiger partial charge >= 0.3 is 0 Å². The third-order valence-corrected chi connectivity index (χ3v) is 4.67. The predicted octanol–water partition coefficient (Wildman–Crippen LogP) is 4.10. The van der Waals surface area contributed by atoms with E-state index in [1.54, 1.807) is 6.08 Å². The fourth-order valence-electron chi connectivity index (χ4n) is 3.30. The molecule has 1 aliphatic heterocycles. The summed E-state index contributed by atoms with van der Waals surface area (Å²) in [6.07, 6.45) is 2.76. The standard InChI is InChI=1S/C23H30N4O2/c1-16-15-28-12-11-27(16)19-13-21(26-22(14-19)29-23(2,3)4)18-7-5-17(6-8-18)20(25)9-10-24/h5-10,13-14,16,24H,11-12,15,25H2,1-4H3/b20-9-,24-10?/t16-/m1/s1. The fraction of sp³-hybridized carbons (Fsp3) is 0.391. The van der Waals surface area contributed by atoms with Gasteiger partial charge in [-0.1, -0.05) is 24.3 Å². The molecule has 29 heavy (non-hydrogen) atoms. The molecule has 1 aliphatic rings. The van der Waals surface area contributed by atoms with Gasteiger partial charge in [0.1, 0.15) is 5.60 Å². The molecule has 0 spiro atoms. The molecule has 1 fully saturated rings. The zero-order chi connectivity index (χ0) is 21.0. The van der Waals surface area contributed by atoms with Crippen LogP contribution in [0.1, 0.15) is 33.3 Å². The number of pyridine rings is 1. The summed E-state index contributed by atoms with van der Waals surface area (Å²) in [5.74, 6) is 0.607. The van der Waals surface area contributed by atoms with Crippen LogP contribution in [0.3, 0.4) is 0 Å². The Labute approximate surface area is 172 Å². The molecule has 2 aromatic rings. The van der Waals surface area contributed by atoms with Gasteiger partial charge in [0.25, 0.3) is 0 Å². The summed E-state index contributed by atoms with van der Waals surface area (Å²) in [5, 5.41) is 7.17. The van der Waals surface area contributed by atoms with Crippen LogP contribution in [0.2, 0.25) is 0 Å². The molecule has 3 rings (SSSR count). The van der Waals surface area contributed by atoms with E-state index in [9.17, 15) is 0 Å². The summed E-state index contributed by atoms with van der Waals surface area (Å²) in [6, 6.07) is 12.3. The molecule has 3 N–H and O–H groups in total. The number of morpholine rings is 1. The Balaban J connectivity index is 2.00. The van der Waals surface area contributed by atoms with Crippen LogP contribution in [-0.2, 0) is 4.74 Å². The molecule has 0 amide bonds. The lowest BCUT2D eigenvalue weighted by atomic mass is 10.1. The van der Waals surface area contributed by atoms with E-state index >= 15 is 0 Å². The lowest BCUT2D eigenvalue weighted by Gasteiger charge is -2.35. The number of anilines is 1. The van der Waals surface area contributed by atoms with Crippen LogP contribution in [0.15, 0.2) is 42.5 Å². The molecule has 1 saturated heterocycles. The van der Waals surface area contributed by atoms with Gasteiger partial charge in [-0.05, 0) is 45.4 Å². The van der Waals surface area contributed by atoms with Crippen molar-refractivity contribution in [3.63, 3.8) is 0 Å². The van der Waals surface area contributed by atoms with Crippen molar-refractivity contribution in [2.75, 3.05) is 24.7 Å². The van der Waals surface area contributed by atoms with Gasteiger partial charge in [0.2, 0.25) is 5.88 Å². The first-order valence-corrected chi connectivity index (χ1v) is 9.89. The molecule has 0 bridgehead atoms. The number of nitrogens with one attached hydrogen (secondary N) is 1. The molecule has 2 heterocycles. The summed E-state index contributed by atoms with van der Waals surface area (Å²) >= 11 is 0. The van der Waals surface area contributed by atoms with Gasteiger partial charge in [0.15, 0.2) is 0 Å². The number of nitrogens with two attached hydrogens (primary N) is 1. The van der Waals surface area contributed by atoms with Crippen molar-refractivity contribution in [2.24, 2.45) is 5.73 Å². The fourth-order valence-corrected chi connectivity index (χ4v) is 3.30. The van der Waals surface area contributed by atoms with Crippen LogP contribution in [-0.4, -0.2) is 42.6 Å². The van der Waals surface area contributed by atoms with Crippen molar-refractivity contribution in [1.29, 1.82) is 5.41 Å². The zero-order valence-electron chi connectivity index (χ0n) is 17.6. The minimum Gasteiger partial charge on any atom is -0.472 e. The number of rotatable bonds is 5. The minimum absolute atomic E-state index is 0.287. The van der Waals surface area contributed by atoms with E-state index in [4.69, 9.17) is 25.6 Å². The Morgan fingerprint density at radius 1 is 1.28 bits per heavy atom. The second-order valence-corrected chi connectivity index (χ2v) is 8.25. The topological polar surface area (TPSA) is 84.5 Å². The maximum Gasteiger partial charge on any atom is 0.216 e. The molecule has 0 aliphatic carbocycles. The number of benzene rings is 1. The molecule has 1 atom stereocenters. The summed E-state index contributed by atoms with van der Waals surface area (Å²) in [4.78, 5) is 7.09. The molecule has 154 valence electrons. The normalized spacial score (nSPS) is 17.9. The van der Waals surface area contributed by atoms with Gasteiger partial charge in [-0.2, -0.15) is 0 Å². The first-order valence-electron chi connectivity index (χ1n) is 9.89. The van der Waals surface area contributed by atoms with Gasteiger partial charge in [0, 0.05) is 41.8 Å². The first kappa shape index (κ1) is 20.9. The lowest BCUT2D eigenvalue weighted by molar-refractivity contribution is 0.0986. The number of allylic oxidation sites excluding steroid dienone is 1. The summed E-state index contributed by atoms with van der Waals surface area (Å²) < 4.78 is 11.7. The van der Waals surface area contributed by atoms with Gasteiger partial charge in [-0.15, -0.1) is 0 Å². The molecule has 6 heteroatoms. The average Bonchev–Trinajstić information content (AvgIpc) is 2.67. The summed E-state index contributed by atoms with van der Waals surface area (Å²) in [5.41, 5.74) is 9.99. The smallest absolute Gasteiger partial charge is 0.216 e. The van der Waals surface area contributed by atoms with E-state index < -0.39 is 0 Å². The Hall–Kier alpha value is -2.86. The zero-order valence-corrected chi connectivity index (χ0v) is 17.6. The molecule has 1 aromatic carbocycles. The summed E-state index contributed by atoms with van der Waals surface area (Å²) in [6.45, 7) is 10.5. The second-order valence-electron chi connectivity index (χ2n) is 8.25. The number of ether oxygens (including phenoxy) is 2. The predicted molar refractivity (Wildman–Crippen MR) is 119 cm³/mol. The van der Waals surface area contributed by atoms with E-state index in [1.807, 2.05) is 51.1 Å². The second kappa shape index (κ2) is 8.66. The maximum absolute atomic E-state index is 7.17. The third-order valence-electron chi connectivity index (χ3n) is 4.67. The molecule has 6 nitrogen and oxygen atoms in total. The largest absolute Gasteiger partial charge is 0.472 e. The van der Waals surface area contributed by atoms with Crippen LogP contribution in [0, 0.1) is 5.41 Å². The average molecular weight is 395 g/mol. The van der Waals surface area contributed by atoms with Crippen molar-refractivity contribution >= 4 is 17.6 Å². The van der Waals surface area contributed by atoms with Crippen molar-refractivity contribution in [1.82, 2.24) is 4.98 Å². The molecular weight excluding hydrogens is 364 g/mol. The van der Waals surface area contributed by atoms with E-state index in [0.717, 1.165) is 29.1 Å². The van der Waals surface area contributed by atoms with Crippen LogP contribution < -0.4 is 15.4 Å². The van der Waals surface area contributed by atoms with Gasteiger partial charge in [-0.25, -0.2) is 4.98 Å². The molecule has 0 unspecified atom stereocenters. The van der Waals surface area contributed by atoms with E-state index in [-0.39, 0.29) is 11.6 Å². The number of hydrogen-bond donors (Lipinski definition) is 2. The van der Waals surface area contributed by atoms with E-state index in [1.165, 1.54) is 6.21 Å². The SMILES string of the molecule is C[C@@H]1COCCN1c1cc(OC(C)(C)C)nc(-c2ccc(/C(N)=C/C=N)cc2)c1. The van der Waals surface area contributed by atoms with Gasteiger partial charge in [-0.3, -0.25) is 0 Å². The lowest BCUT2D eigenvalue weighted by Crippen LogP contribution is -2.43. The van der Waals surface area contributed by atoms with Crippen molar-refractivity contribution < 1.29 is 9.47 Å². The Morgan fingerprint density at radius 2 is 2.00 bits per heavy atom. The number of nitrogens with zero attached hydrogens (tertiary/aromatic N) is 2. The Bertz CT molecular complexity index is 885. The Kier molecular flexibility index (Phi) is 6.23. The van der Waals surface area contributed by atoms with Crippen molar-refractivity contribution in [3.8, 4) is 17.1 Å². The highest BCUT2D eigenvalue weighted by molar-refractivity contribution is 5.82. The highest BCUT2D eigenvalue weighted by Crippen LogP contribution is 2.31. The Morgan fingerprint density at radius 3 is 2.62 bits per heavy atom. The quantitative estimate of drug-likeness (QED) is 0.746. The minimum atomic E-state index is -0.338.